The summed E-state index contributed by atoms with van der Waals surface area (Å²) in [6, 6.07) is 0. The van der Waals surface area contributed by atoms with E-state index in [0.29, 0.717) is 17.4 Å². The summed E-state index contributed by atoms with van der Waals surface area (Å²) in [5.41, 5.74) is 0. The fraction of sp³-hybridized carbons (Fsp3) is 0.780. The van der Waals surface area contributed by atoms with Crippen LogP contribution in [0.5, 0.6) is 0 Å². The zero-order valence-electron chi connectivity index (χ0n) is 38.6. The number of carboxylic acids is 1. The quantitative estimate of drug-likeness (QED) is 0.0196. The van der Waals surface area contributed by atoms with Gasteiger partial charge in [0.15, 0.2) is 12.4 Å². The summed E-state index contributed by atoms with van der Waals surface area (Å²) in [6.07, 6.45) is 45.6. The third-order valence-electron chi connectivity index (χ3n) is 10.0. The van der Waals surface area contributed by atoms with Gasteiger partial charge in [-0.2, -0.15) is 0 Å². The molecule has 0 aromatic heterocycles. The molecule has 342 valence electrons. The zero-order chi connectivity index (χ0) is 43.5. The minimum absolute atomic E-state index is 0.142. The van der Waals surface area contributed by atoms with Crippen LogP contribution in [0.3, 0.4) is 0 Å². The van der Waals surface area contributed by atoms with Gasteiger partial charge in [0, 0.05) is 12.8 Å². The second kappa shape index (κ2) is 42.0. The van der Waals surface area contributed by atoms with Gasteiger partial charge in [-0.15, -0.1) is 0 Å². The third kappa shape index (κ3) is 43.2. The predicted molar refractivity (Wildman–Crippen MR) is 242 cm³/mol. The number of esters is 2. The highest BCUT2D eigenvalue weighted by atomic mass is 16.7. The normalized spacial score (nSPS) is 13.3. The molecule has 0 fully saturated rings. The van der Waals surface area contributed by atoms with Crippen molar-refractivity contribution in [3.63, 3.8) is 0 Å². The highest BCUT2D eigenvalue weighted by Gasteiger charge is 2.21. The van der Waals surface area contributed by atoms with Crippen LogP contribution >= 0.6 is 0 Å². The second-order valence-corrected chi connectivity index (χ2v) is 17.0. The summed E-state index contributed by atoms with van der Waals surface area (Å²) in [4.78, 5) is 37.0. The first-order chi connectivity index (χ1) is 28.6. The molecular formula is C50H89NO8. The molecule has 2 atom stereocenters. The molecule has 9 nitrogen and oxygen atoms in total. The Morgan fingerprint density at radius 1 is 0.508 bits per heavy atom. The number of likely N-dealkylation sites (N-methyl/N-ethyl adjacent to an activating group) is 1. The van der Waals surface area contributed by atoms with Crippen molar-refractivity contribution in [3.8, 4) is 0 Å². The molecule has 59 heavy (non-hydrogen) atoms. The van der Waals surface area contributed by atoms with Crippen LogP contribution in [0.2, 0.25) is 0 Å². The van der Waals surface area contributed by atoms with E-state index in [9.17, 15) is 19.5 Å². The van der Waals surface area contributed by atoms with Gasteiger partial charge in [0.1, 0.15) is 13.2 Å². The Labute approximate surface area is 362 Å². The monoisotopic (exact) mass is 832 g/mol. The number of quaternary nitrogens is 1. The number of carboxylic acid groups (broad SMARTS) is 1. The van der Waals surface area contributed by atoms with E-state index in [2.05, 4.69) is 62.5 Å². The number of ether oxygens (including phenoxy) is 4. The highest BCUT2D eigenvalue weighted by molar-refractivity contribution is 5.70. The molecule has 0 radical (unpaired) electrons. The van der Waals surface area contributed by atoms with Gasteiger partial charge in [-0.05, 0) is 77.0 Å². The van der Waals surface area contributed by atoms with E-state index in [1.54, 1.807) is 0 Å². The molecule has 0 amide bonds. The van der Waals surface area contributed by atoms with Crippen molar-refractivity contribution in [2.45, 2.75) is 206 Å². The summed E-state index contributed by atoms with van der Waals surface area (Å²) >= 11 is 0. The van der Waals surface area contributed by atoms with Crippen molar-refractivity contribution in [1.82, 2.24) is 0 Å². The number of carbonyl (C=O) groups is 3. The summed E-state index contributed by atoms with van der Waals surface area (Å²) in [7, 11) is 5.90. The van der Waals surface area contributed by atoms with E-state index in [0.717, 1.165) is 89.9 Å². The average molecular weight is 832 g/mol. The number of aliphatic carboxylic acids is 1. The maximum atomic E-state index is 12.8. The van der Waals surface area contributed by atoms with Crippen molar-refractivity contribution < 1.29 is 42.9 Å². The first-order valence-corrected chi connectivity index (χ1v) is 23.8. The number of hydrogen-bond donors (Lipinski definition) is 0. The summed E-state index contributed by atoms with van der Waals surface area (Å²) < 4.78 is 22.6. The summed E-state index contributed by atoms with van der Waals surface area (Å²) in [5, 5.41) is 11.7. The van der Waals surface area contributed by atoms with Crippen LogP contribution < -0.4 is 5.11 Å². The van der Waals surface area contributed by atoms with E-state index in [1.165, 1.54) is 70.6 Å². The zero-order valence-corrected chi connectivity index (χ0v) is 38.6. The van der Waals surface area contributed by atoms with Crippen LogP contribution in [0.25, 0.3) is 0 Å². The minimum atomic E-state index is -1.63. The van der Waals surface area contributed by atoms with Crippen molar-refractivity contribution in [2.75, 3.05) is 47.5 Å². The molecule has 2 unspecified atom stereocenters. The lowest BCUT2D eigenvalue weighted by Crippen LogP contribution is -2.44. The smallest absolute Gasteiger partial charge is 0.306 e. The lowest BCUT2D eigenvalue weighted by Gasteiger charge is -2.26. The van der Waals surface area contributed by atoms with Gasteiger partial charge in [0.05, 0.1) is 40.3 Å². The standard InChI is InChI=1S/C50H89NO8/c1-6-8-10-12-14-16-18-20-22-23-24-25-27-29-31-33-35-37-39-41-48(53)59-46(45-58-50(49(54)55)56-43-42-51(3,4)5)44-57-47(52)40-38-36-34-32-30-28-26-21-19-17-15-13-11-9-7-2/h14,16,20-22,24-26,46,50H,6-13,15,17-19,23,27-45H2,1-5H3/b16-14-,22-20-,25-24-,26-21-. The van der Waals surface area contributed by atoms with Crippen LogP contribution in [0.15, 0.2) is 48.6 Å². The molecule has 0 saturated carbocycles. The van der Waals surface area contributed by atoms with Gasteiger partial charge >= 0.3 is 11.9 Å². The Hall–Kier alpha value is -2.75. The Bertz CT molecular complexity index is 1110. The SMILES string of the molecule is CCCCC/C=C\C/C=C\C/C=C\CCCCCCCCC(=O)OC(COC(=O)CCCCCCC/C=C\CCCCCCCC)COC(OCC[N+](C)(C)C)C(=O)[O-]. The first kappa shape index (κ1) is 56.2. The maximum Gasteiger partial charge on any atom is 0.306 e. The number of nitrogens with zero attached hydrogens (tertiary/aromatic N) is 1. The molecule has 0 aromatic rings. The molecule has 0 heterocycles. The predicted octanol–water partition coefficient (Wildman–Crippen LogP) is 11.4. The molecule has 0 aliphatic rings. The topological polar surface area (TPSA) is 111 Å². The van der Waals surface area contributed by atoms with Crippen LogP contribution in [0.1, 0.15) is 194 Å². The van der Waals surface area contributed by atoms with E-state index >= 15 is 0 Å². The summed E-state index contributed by atoms with van der Waals surface area (Å²) in [6.45, 7) is 4.68. The Balaban J connectivity index is 4.45. The van der Waals surface area contributed by atoms with E-state index < -0.39 is 24.3 Å². The second-order valence-electron chi connectivity index (χ2n) is 17.0. The van der Waals surface area contributed by atoms with Crippen molar-refractivity contribution in [3.05, 3.63) is 48.6 Å². The van der Waals surface area contributed by atoms with Gasteiger partial charge in [-0.25, -0.2) is 0 Å². The highest BCUT2D eigenvalue weighted by Crippen LogP contribution is 2.13. The third-order valence-corrected chi connectivity index (χ3v) is 10.0. The van der Waals surface area contributed by atoms with Gasteiger partial charge in [-0.3, -0.25) is 9.59 Å². The van der Waals surface area contributed by atoms with Crippen molar-refractivity contribution >= 4 is 17.9 Å². The molecule has 0 saturated heterocycles. The first-order valence-electron chi connectivity index (χ1n) is 23.8. The average Bonchev–Trinajstić information content (AvgIpc) is 3.19. The van der Waals surface area contributed by atoms with Crippen LogP contribution in [0, 0.1) is 0 Å². The van der Waals surface area contributed by atoms with E-state index in [1.807, 2.05) is 21.1 Å². The number of carbonyl (C=O) groups excluding carboxylic acids is 3. The van der Waals surface area contributed by atoms with Gasteiger partial charge < -0.3 is 33.3 Å². The Morgan fingerprint density at radius 2 is 0.915 bits per heavy atom. The lowest BCUT2D eigenvalue weighted by molar-refractivity contribution is -0.870. The molecule has 0 bridgehead atoms. The van der Waals surface area contributed by atoms with Gasteiger partial charge in [0.2, 0.25) is 0 Å². The fourth-order valence-corrected chi connectivity index (χ4v) is 6.30. The molecule has 0 aliphatic carbocycles. The Kier molecular flexibility index (Phi) is 40.0. The van der Waals surface area contributed by atoms with E-state index in [-0.39, 0.29) is 38.6 Å². The molecule has 0 spiro atoms. The molecule has 0 aromatic carbocycles. The number of allylic oxidation sites excluding steroid dienone is 8. The largest absolute Gasteiger partial charge is 0.545 e. The van der Waals surface area contributed by atoms with Crippen LogP contribution in [-0.4, -0.2) is 82.3 Å². The number of unbranched alkanes of at least 4 members (excludes halogenated alkanes) is 20. The van der Waals surface area contributed by atoms with Crippen LogP contribution in [0.4, 0.5) is 0 Å². The Morgan fingerprint density at radius 3 is 1.41 bits per heavy atom. The maximum absolute atomic E-state index is 12.8. The number of hydrogen-bond acceptors (Lipinski definition) is 8. The molecule has 0 aliphatic heterocycles. The van der Waals surface area contributed by atoms with Gasteiger partial charge in [0.25, 0.3) is 0 Å². The molecule has 9 heteroatoms. The molecule has 0 N–H and O–H groups in total. The fourth-order valence-electron chi connectivity index (χ4n) is 6.30. The minimum Gasteiger partial charge on any atom is -0.545 e. The van der Waals surface area contributed by atoms with E-state index in [4.69, 9.17) is 18.9 Å². The molecular weight excluding hydrogens is 743 g/mol. The van der Waals surface area contributed by atoms with Crippen molar-refractivity contribution in [2.24, 2.45) is 0 Å². The van der Waals surface area contributed by atoms with Gasteiger partial charge in [-0.1, -0.05) is 152 Å². The lowest BCUT2D eigenvalue weighted by atomic mass is 10.1. The van der Waals surface area contributed by atoms with Crippen LogP contribution in [-0.2, 0) is 33.3 Å². The van der Waals surface area contributed by atoms with Crippen molar-refractivity contribution in [1.29, 1.82) is 0 Å². The molecule has 0 rings (SSSR count). The summed E-state index contributed by atoms with van der Waals surface area (Å²) in [5.74, 6) is -2.31. The number of rotatable bonds is 43.